The summed E-state index contributed by atoms with van der Waals surface area (Å²) in [5, 5.41) is 19.6. The molecule has 0 aromatic carbocycles. The zero-order valence-corrected chi connectivity index (χ0v) is 17.0. The van der Waals surface area contributed by atoms with Crippen molar-refractivity contribution < 1.29 is 14.3 Å². The molecule has 0 spiro atoms. The van der Waals surface area contributed by atoms with Crippen LogP contribution in [0, 0.1) is 11.3 Å². The summed E-state index contributed by atoms with van der Waals surface area (Å²) in [6.07, 6.45) is 5.01. The van der Waals surface area contributed by atoms with Gasteiger partial charge in [-0.15, -0.1) is 0 Å². The van der Waals surface area contributed by atoms with Gasteiger partial charge in [-0.05, 0) is 25.1 Å². The smallest absolute Gasteiger partial charge is 0.216 e. The van der Waals surface area contributed by atoms with Crippen molar-refractivity contribution in [2.24, 2.45) is 0 Å². The number of nitriles is 1. The molecule has 0 aliphatic rings. The first-order chi connectivity index (χ1) is 14.6. The minimum absolute atomic E-state index is 0.0680. The van der Waals surface area contributed by atoms with E-state index in [-0.39, 0.29) is 5.91 Å². The fourth-order valence-electron chi connectivity index (χ4n) is 2.93. The van der Waals surface area contributed by atoms with Crippen LogP contribution < -0.4 is 15.4 Å². The van der Waals surface area contributed by atoms with Crippen molar-refractivity contribution in [1.82, 2.24) is 19.9 Å². The minimum atomic E-state index is -0.0680. The van der Waals surface area contributed by atoms with Gasteiger partial charge in [0.2, 0.25) is 5.91 Å². The molecule has 2 N–H and O–H groups in total. The molecule has 9 nitrogen and oxygen atoms in total. The lowest BCUT2D eigenvalue weighted by atomic mass is 10.1. The van der Waals surface area contributed by atoms with Crippen LogP contribution in [0.15, 0.2) is 36.8 Å². The van der Waals surface area contributed by atoms with E-state index in [0.717, 1.165) is 11.1 Å². The number of rotatable bonds is 10. The van der Waals surface area contributed by atoms with Gasteiger partial charge in [0.15, 0.2) is 0 Å². The number of pyridine rings is 2. The number of fused-ring (bicyclic) bond motifs is 1. The lowest BCUT2D eigenvalue weighted by molar-refractivity contribution is -0.118. The van der Waals surface area contributed by atoms with Crippen molar-refractivity contribution in [3.8, 4) is 22.9 Å². The van der Waals surface area contributed by atoms with Crippen LogP contribution in [0.1, 0.15) is 19.4 Å². The highest BCUT2D eigenvalue weighted by molar-refractivity contribution is 5.85. The summed E-state index contributed by atoms with van der Waals surface area (Å²) in [4.78, 5) is 15.4. The van der Waals surface area contributed by atoms with Crippen molar-refractivity contribution >= 4 is 17.2 Å². The van der Waals surface area contributed by atoms with Crippen LogP contribution in [0.3, 0.4) is 0 Å². The molecule has 0 radical (unpaired) electrons. The molecule has 3 aromatic rings. The molecule has 156 valence electrons. The third-order valence-electron chi connectivity index (χ3n) is 4.29. The van der Waals surface area contributed by atoms with E-state index in [0.29, 0.717) is 55.6 Å². The van der Waals surface area contributed by atoms with Crippen LogP contribution >= 0.6 is 0 Å². The van der Waals surface area contributed by atoms with Crippen LogP contribution in [0.2, 0.25) is 0 Å². The van der Waals surface area contributed by atoms with Gasteiger partial charge in [0.1, 0.15) is 24.2 Å². The Kier molecular flexibility index (Phi) is 7.19. The maximum absolute atomic E-state index is 10.9. The number of anilines is 1. The van der Waals surface area contributed by atoms with Crippen molar-refractivity contribution in [2.45, 2.75) is 13.8 Å². The molecule has 0 unspecified atom stereocenters. The number of carbonyl (C=O) groups excluding carboxylic acids is 1. The lowest BCUT2D eigenvalue weighted by Gasteiger charge is -2.11. The molecule has 3 aromatic heterocycles. The molecule has 3 rings (SSSR count). The van der Waals surface area contributed by atoms with Crippen molar-refractivity contribution in [3.05, 3.63) is 42.4 Å². The predicted octanol–water partition coefficient (Wildman–Crippen LogP) is 2.23. The second-order valence-corrected chi connectivity index (χ2v) is 6.44. The van der Waals surface area contributed by atoms with Crippen molar-refractivity contribution in [2.75, 3.05) is 38.2 Å². The second kappa shape index (κ2) is 10.2. The summed E-state index contributed by atoms with van der Waals surface area (Å²) in [6, 6.07) is 7.83. The molecule has 1 amide bonds. The molecule has 0 saturated heterocycles. The summed E-state index contributed by atoms with van der Waals surface area (Å²) >= 11 is 0. The first-order valence-corrected chi connectivity index (χ1v) is 9.69. The molecule has 0 bridgehead atoms. The average molecular weight is 408 g/mol. The molecular formula is C21H24N6O3. The van der Waals surface area contributed by atoms with E-state index in [4.69, 9.17) is 9.47 Å². The zero-order valence-electron chi connectivity index (χ0n) is 17.0. The van der Waals surface area contributed by atoms with Gasteiger partial charge in [-0.1, -0.05) is 0 Å². The lowest BCUT2D eigenvalue weighted by Crippen LogP contribution is -2.26. The van der Waals surface area contributed by atoms with E-state index in [2.05, 4.69) is 26.8 Å². The fraction of sp³-hybridized carbons (Fsp3) is 0.333. The van der Waals surface area contributed by atoms with Crippen LogP contribution in [0.5, 0.6) is 5.75 Å². The molecule has 3 heterocycles. The van der Waals surface area contributed by atoms with Gasteiger partial charge in [-0.25, -0.2) is 9.50 Å². The van der Waals surface area contributed by atoms with E-state index in [1.807, 2.05) is 25.1 Å². The highest BCUT2D eigenvalue weighted by Crippen LogP contribution is 2.30. The second-order valence-electron chi connectivity index (χ2n) is 6.44. The highest BCUT2D eigenvalue weighted by Gasteiger charge is 2.14. The summed E-state index contributed by atoms with van der Waals surface area (Å²) < 4.78 is 12.8. The molecule has 30 heavy (non-hydrogen) atoms. The molecule has 0 aliphatic carbocycles. The minimum Gasteiger partial charge on any atom is -0.490 e. The highest BCUT2D eigenvalue weighted by atomic mass is 16.5. The Balaban J connectivity index is 1.83. The monoisotopic (exact) mass is 408 g/mol. The maximum atomic E-state index is 10.9. The number of nitrogens with one attached hydrogen (secondary N) is 2. The summed E-state index contributed by atoms with van der Waals surface area (Å²) in [7, 11) is 0. The normalized spacial score (nSPS) is 10.6. The van der Waals surface area contributed by atoms with Gasteiger partial charge in [-0.2, -0.15) is 10.4 Å². The Bertz CT molecular complexity index is 1040. The standard InChI is InChI=1S/C21H24N6O3/c1-3-29-8-9-30-18-10-19(21-17(11-22)13-26-27(21)14-18)16-4-5-20(25-12-16)24-7-6-23-15(2)28/h4-5,10,12-14H,3,6-9H2,1-2H3,(H,23,28)(H,24,25). The summed E-state index contributed by atoms with van der Waals surface area (Å²) in [5.41, 5.74) is 2.81. The van der Waals surface area contributed by atoms with Crippen LogP contribution in [0.4, 0.5) is 5.82 Å². The summed E-state index contributed by atoms with van der Waals surface area (Å²) in [6.45, 7) is 6.04. The molecular weight excluding hydrogens is 384 g/mol. The van der Waals surface area contributed by atoms with E-state index in [1.54, 1.807) is 16.9 Å². The molecule has 9 heteroatoms. The number of ether oxygens (including phenoxy) is 2. The third kappa shape index (κ3) is 5.24. The quantitative estimate of drug-likeness (QED) is 0.495. The zero-order chi connectivity index (χ0) is 21.3. The Labute approximate surface area is 174 Å². The number of aromatic nitrogens is 3. The van der Waals surface area contributed by atoms with Gasteiger partial charge in [0.25, 0.3) is 0 Å². The average Bonchev–Trinajstić information content (AvgIpc) is 3.17. The molecule has 0 atom stereocenters. The van der Waals surface area contributed by atoms with Gasteiger partial charge in [0, 0.05) is 43.9 Å². The number of hydrogen-bond donors (Lipinski definition) is 2. The van der Waals surface area contributed by atoms with Crippen LogP contribution in [-0.2, 0) is 9.53 Å². The van der Waals surface area contributed by atoms with E-state index in [9.17, 15) is 10.1 Å². The van der Waals surface area contributed by atoms with Gasteiger partial charge in [-0.3, -0.25) is 4.79 Å². The Morgan fingerprint density at radius 2 is 2.13 bits per heavy atom. The Morgan fingerprint density at radius 1 is 1.27 bits per heavy atom. The topological polar surface area (TPSA) is 114 Å². The third-order valence-corrected chi connectivity index (χ3v) is 4.29. The first kappa shape index (κ1) is 21.1. The predicted molar refractivity (Wildman–Crippen MR) is 112 cm³/mol. The number of hydrogen-bond acceptors (Lipinski definition) is 7. The van der Waals surface area contributed by atoms with Gasteiger partial charge < -0.3 is 20.1 Å². The van der Waals surface area contributed by atoms with Crippen molar-refractivity contribution in [1.29, 1.82) is 5.26 Å². The van der Waals surface area contributed by atoms with Gasteiger partial charge >= 0.3 is 0 Å². The van der Waals surface area contributed by atoms with E-state index < -0.39 is 0 Å². The maximum Gasteiger partial charge on any atom is 0.216 e. The number of carbonyl (C=O) groups is 1. The largest absolute Gasteiger partial charge is 0.490 e. The number of nitrogens with zero attached hydrogens (tertiary/aromatic N) is 4. The molecule has 0 aliphatic heterocycles. The van der Waals surface area contributed by atoms with Gasteiger partial charge in [0.05, 0.1) is 30.1 Å². The van der Waals surface area contributed by atoms with E-state index in [1.165, 1.54) is 13.1 Å². The summed E-state index contributed by atoms with van der Waals surface area (Å²) in [5.74, 6) is 1.25. The van der Waals surface area contributed by atoms with Crippen molar-refractivity contribution in [3.63, 3.8) is 0 Å². The molecule has 0 fully saturated rings. The fourth-order valence-corrected chi connectivity index (χ4v) is 2.93. The molecule has 0 saturated carbocycles. The Morgan fingerprint density at radius 3 is 2.83 bits per heavy atom. The van der Waals surface area contributed by atoms with Crippen LogP contribution in [0.25, 0.3) is 16.6 Å². The van der Waals surface area contributed by atoms with Crippen LogP contribution in [-0.4, -0.2) is 53.4 Å². The first-order valence-electron chi connectivity index (χ1n) is 9.69. The SMILES string of the molecule is CCOCCOc1cc(-c2ccc(NCCNC(C)=O)nc2)c2c(C#N)cnn2c1. The number of amides is 1. The van der Waals surface area contributed by atoms with E-state index >= 15 is 0 Å². The Hall–Kier alpha value is -3.64.